The second-order valence-electron chi connectivity index (χ2n) is 10.2. The van der Waals surface area contributed by atoms with Crippen LogP contribution in [0.5, 0.6) is 0 Å². The van der Waals surface area contributed by atoms with Gasteiger partial charge in [0.25, 0.3) is 0 Å². The van der Waals surface area contributed by atoms with Gasteiger partial charge in [0.05, 0.1) is 27.9 Å². The van der Waals surface area contributed by atoms with E-state index in [0.29, 0.717) is 0 Å². The minimum Gasteiger partial charge on any atom is -0.256 e. The van der Waals surface area contributed by atoms with Crippen LogP contribution in [0.15, 0.2) is 140 Å². The van der Waals surface area contributed by atoms with Crippen molar-refractivity contribution < 1.29 is 0 Å². The lowest BCUT2D eigenvalue weighted by atomic mass is 9.99. The van der Waals surface area contributed by atoms with E-state index in [-0.39, 0.29) is 0 Å². The molecule has 0 saturated carbocycles. The van der Waals surface area contributed by atoms with Gasteiger partial charge < -0.3 is 0 Å². The molecule has 0 spiro atoms. The van der Waals surface area contributed by atoms with Crippen molar-refractivity contribution in [3.8, 4) is 33.6 Å². The fraction of sp³-hybridized carbons (Fsp3) is 0. The van der Waals surface area contributed by atoms with E-state index in [1.54, 1.807) is 0 Å². The van der Waals surface area contributed by atoms with Crippen LogP contribution in [-0.2, 0) is 0 Å². The summed E-state index contributed by atoms with van der Waals surface area (Å²) in [5, 5.41) is 5.78. The van der Waals surface area contributed by atoms with E-state index in [2.05, 4.69) is 120 Å². The first-order valence-corrected chi connectivity index (χ1v) is 13.4. The lowest BCUT2D eigenvalue weighted by molar-refractivity contribution is 1.35. The Kier molecular flexibility index (Phi) is 5.14. The van der Waals surface area contributed by atoms with Crippen LogP contribution in [0.4, 0.5) is 0 Å². The fourth-order valence-corrected chi connectivity index (χ4v) is 5.56. The first-order valence-electron chi connectivity index (χ1n) is 13.4. The van der Waals surface area contributed by atoms with Gasteiger partial charge in [-0.2, -0.15) is 0 Å². The highest BCUT2D eigenvalue weighted by Crippen LogP contribution is 2.32. The Labute approximate surface area is 231 Å². The summed E-state index contributed by atoms with van der Waals surface area (Å²) in [6, 6.07) is 46.7. The second kappa shape index (κ2) is 9.11. The van der Waals surface area contributed by atoms with Gasteiger partial charge in [-0.05, 0) is 58.3 Å². The molecular formula is C37H23N3. The number of aromatic nitrogens is 3. The van der Waals surface area contributed by atoms with Gasteiger partial charge in [0.15, 0.2) is 0 Å². The number of hydrogen-bond donors (Lipinski definition) is 0. The second-order valence-corrected chi connectivity index (χ2v) is 10.2. The number of para-hydroxylation sites is 1. The Morgan fingerprint density at radius 2 is 1.00 bits per heavy atom. The van der Waals surface area contributed by atoms with Gasteiger partial charge in [0.1, 0.15) is 0 Å². The predicted octanol–water partition coefficient (Wildman–Crippen LogP) is 9.49. The smallest absolute Gasteiger partial charge is 0.0725 e. The van der Waals surface area contributed by atoms with Crippen LogP contribution in [0.25, 0.3) is 77.1 Å². The van der Waals surface area contributed by atoms with Gasteiger partial charge in [-0.15, -0.1) is 0 Å². The number of nitrogens with zero attached hydrogens (tertiary/aromatic N) is 3. The topological polar surface area (TPSA) is 38.7 Å². The Bertz CT molecular complexity index is 2230. The van der Waals surface area contributed by atoms with Crippen LogP contribution in [0.3, 0.4) is 0 Å². The van der Waals surface area contributed by atoms with Crippen LogP contribution >= 0.6 is 0 Å². The molecule has 8 rings (SSSR count). The average Bonchev–Trinajstić information content (AvgIpc) is 3.03. The first-order chi connectivity index (χ1) is 19.8. The van der Waals surface area contributed by atoms with E-state index in [1.165, 1.54) is 10.8 Å². The highest BCUT2D eigenvalue weighted by molar-refractivity contribution is 5.97. The summed E-state index contributed by atoms with van der Waals surface area (Å²) in [6.07, 6.45) is 1.91. The third kappa shape index (κ3) is 3.88. The zero-order chi connectivity index (χ0) is 26.5. The summed E-state index contributed by atoms with van der Waals surface area (Å²) in [5.74, 6) is 0. The number of fused-ring (bicyclic) bond motifs is 4. The Morgan fingerprint density at radius 1 is 0.375 bits per heavy atom. The molecule has 5 aromatic carbocycles. The molecule has 0 aliphatic rings. The molecule has 3 nitrogen and oxygen atoms in total. The van der Waals surface area contributed by atoms with E-state index in [9.17, 15) is 0 Å². The molecule has 0 unspecified atom stereocenters. The average molecular weight is 510 g/mol. The molecule has 3 heterocycles. The maximum absolute atomic E-state index is 5.10. The summed E-state index contributed by atoms with van der Waals surface area (Å²) in [4.78, 5) is 14.8. The SMILES string of the molecule is c1ccc2ncc(-c3ccc4ccc(-c5ccc6ccc(-c7cccc8ccccc78)nc6c5)cc4n3)cc2c1. The lowest BCUT2D eigenvalue weighted by Crippen LogP contribution is -1.89. The Morgan fingerprint density at radius 3 is 1.80 bits per heavy atom. The third-order valence-electron chi connectivity index (χ3n) is 7.67. The first kappa shape index (κ1) is 22.6. The van der Waals surface area contributed by atoms with Crippen molar-refractivity contribution in [1.29, 1.82) is 0 Å². The highest BCUT2D eigenvalue weighted by Gasteiger charge is 2.09. The van der Waals surface area contributed by atoms with Crippen molar-refractivity contribution in [1.82, 2.24) is 15.0 Å². The molecule has 0 amide bonds. The summed E-state index contributed by atoms with van der Waals surface area (Å²) >= 11 is 0. The van der Waals surface area contributed by atoms with Gasteiger partial charge in [-0.25, -0.2) is 9.97 Å². The number of rotatable bonds is 3. The van der Waals surface area contributed by atoms with Crippen molar-refractivity contribution in [2.24, 2.45) is 0 Å². The monoisotopic (exact) mass is 509 g/mol. The zero-order valence-electron chi connectivity index (χ0n) is 21.6. The molecule has 0 bridgehead atoms. The predicted molar refractivity (Wildman–Crippen MR) is 166 cm³/mol. The molecule has 186 valence electrons. The molecular weight excluding hydrogens is 486 g/mol. The van der Waals surface area contributed by atoms with E-state index < -0.39 is 0 Å². The minimum absolute atomic E-state index is 0.919. The van der Waals surface area contributed by atoms with Crippen LogP contribution in [0, 0.1) is 0 Å². The van der Waals surface area contributed by atoms with Crippen LogP contribution in [-0.4, -0.2) is 15.0 Å². The molecule has 0 atom stereocenters. The summed E-state index contributed by atoms with van der Waals surface area (Å²) in [5.41, 5.74) is 9.23. The standard InChI is InChI=1S/C37H23N3/c1-3-9-31-24(6-1)8-5-10-32(31)35-19-17-26-13-15-28(22-37(26)40-35)27-14-12-25-16-18-34(39-36(25)21-27)30-20-29-7-2-4-11-33(29)38-23-30/h1-23H. The summed E-state index contributed by atoms with van der Waals surface area (Å²) < 4.78 is 0. The summed E-state index contributed by atoms with van der Waals surface area (Å²) in [6.45, 7) is 0. The van der Waals surface area contributed by atoms with Crippen molar-refractivity contribution >= 4 is 43.5 Å². The van der Waals surface area contributed by atoms with Crippen molar-refractivity contribution in [2.45, 2.75) is 0 Å². The van der Waals surface area contributed by atoms with Gasteiger partial charge >= 0.3 is 0 Å². The van der Waals surface area contributed by atoms with Crippen LogP contribution in [0.1, 0.15) is 0 Å². The molecule has 0 aliphatic carbocycles. The molecule has 0 aliphatic heterocycles. The molecule has 3 aromatic heterocycles. The molecule has 0 radical (unpaired) electrons. The largest absolute Gasteiger partial charge is 0.256 e. The summed E-state index contributed by atoms with van der Waals surface area (Å²) in [7, 11) is 0. The fourth-order valence-electron chi connectivity index (χ4n) is 5.56. The van der Waals surface area contributed by atoms with Gasteiger partial charge in [0.2, 0.25) is 0 Å². The molecule has 0 saturated heterocycles. The molecule has 40 heavy (non-hydrogen) atoms. The minimum atomic E-state index is 0.919. The lowest BCUT2D eigenvalue weighted by Gasteiger charge is -2.10. The number of pyridine rings is 3. The quantitative estimate of drug-likeness (QED) is 0.238. The molecule has 0 N–H and O–H groups in total. The zero-order valence-corrected chi connectivity index (χ0v) is 21.6. The van der Waals surface area contributed by atoms with Crippen LogP contribution < -0.4 is 0 Å². The van der Waals surface area contributed by atoms with Gasteiger partial charge in [-0.1, -0.05) is 97.1 Å². The maximum Gasteiger partial charge on any atom is 0.0725 e. The normalized spacial score (nSPS) is 11.5. The Hall–Kier alpha value is -5.41. The Balaban J connectivity index is 1.20. The highest BCUT2D eigenvalue weighted by atomic mass is 14.7. The van der Waals surface area contributed by atoms with Crippen molar-refractivity contribution in [2.75, 3.05) is 0 Å². The van der Waals surface area contributed by atoms with Crippen molar-refractivity contribution in [3.63, 3.8) is 0 Å². The molecule has 0 fully saturated rings. The van der Waals surface area contributed by atoms with Crippen molar-refractivity contribution in [3.05, 3.63) is 140 Å². The number of benzene rings is 5. The van der Waals surface area contributed by atoms with E-state index >= 15 is 0 Å². The maximum atomic E-state index is 5.10. The van der Waals surface area contributed by atoms with Gasteiger partial charge in [0, 0.05) is 33.5 Å². The van der Waals surface area contributed by atoms with E-state index in [1.807, 2.05) is 24.4 Å². The van der Waals surface area contributed by atoms with Gasteiger partial charge in [-0.3, -0.25) is 4.98 Å². The third-order valence-corrected chi connectivity index (χ3v) is 7.67. The van der Waals surface area contributed by atoms with Crippen LogP contribution in [0.2, 0.25) is 0 Å². The van der Waals surface area contributed by atoms with E-state index in [4.69, 9.17) is 9.97 Å². The molecule has 8 aromatic rings. The van der Waals surface area contributed by atoms with E-state index in [0.717, 1.165) is 66.4 Å². The molecule has 3 heteroatoms. The number of hydrogen-bond acceptors (Lipinski definition) is 3.